The van der Waals surface area contributed by atoms with Crippen molar-refractivity contribution in [3.63, 3.8) is 0 Å². The zero-order valence-electron chi connectivity index (χ0n) is 21.7. The maximum atomic E-state index is 15.2. The van der Waals surface area contributed by atoms with E-state index in [9.17, 15) is 19.1 Å². The van der Waals surface area contributed by atoms with Gasteiger partial charge in [-0.25, -0.2) is 13.8 Å². The Hall–Kier alpha value is -4.42. The van der Waals surface area contributed by atoms with E-state index in [0.29, 0.717) is 21.2 Å². The van der Waals surface area contributed by atoms with E-state index in [1.165, 1.54) is 36.0 Å². The van der Waals surface area contributed by atoms with Crippen molar-refractivity contribution in [3.05, 3.63) is 112 Å². The topological polar surface area (TPSA) is 101 Å². The Bertz CT molecular complexity index is 1880. The number of aromatic nitrogens is 4. The van der Waals surface area contributed by atoms with Crippen molar-refractivity contribution in [2.24, 2.45) is 0 Å². The number of fused-ring (bicyclic) bond motifs is 1. The number of rotatable bonds is 6. The molecule has 0 radical (unpaired) electrons. The molecule has 1 aliphatic heterocycles. The summed E-state index contributed by atoms with van der Waals surface area (Å²) in [6, 6.07) is 14.4. The van der Waals surface area contributed by atoms with Gasteiger partial charge in [-0.05, 0) is 43.2 Å². The number of thioether (sulfide) groups is 1. The predicted octanol–water partition coefficient (Wildman–Crippen LogP) is 6.00. The van der Waals surface area contributed by atoms with E-state index in [2.05, 4.69) is 15.2 Å². The van der Waals surface area contributed by atoms with Crippen LogP contribution in [0.25, 0.3) is 11.4 Å². The van der Waals surface area contributed by atoms with E-state index in [4.69, 9.17) is 0 Å². The van der Waals surface area contributed by atoms with Gasteiger partial charge in [0.25, 0.3) is 5.78 Å². The van der Waals surface area contributed by atoms with E-state index in [1.54, 1.807) is 41.8 Å². The highest BCUT2D eigenvalue weighted by Gasteiger charge is 2.49. The second kappa shape index (κ2) is 10.5. The van der Waals surface area contributed by atoms with Crippen molar-refractivity contribution in [2.45, 2.75) is 30.0 Å². The number of pyridine rings is 1. The molecule has 1 fully saturated rings. The Morgan fingerprint density at radius 3 is 2.46 bits per heavy atom. The fraction of sp³-hybridized carbons (Fsp3) is 0.138. The molecule has 4 heterocycles. The lowest BCUT2D eigenvalue weighted by molar-refractivity contribution is -0.132. The highest BCUT2D eigenvalue weighted by atomic mass is 32.2. The molecule has 206 valence electrons. The average Bonchev–Trinajstić information content (AvgIpc) is 3.64. The van der Waals surface area contributed by atoms with Gasteiger partial charge in [0, 0.05) is 17.5 Å². The van der Waals surface area contributed by atoms with Gasteiger partial charge in [-0.15, -0.1) is 10.2 Å². The Balaban J connectivity index is 1.45. The summed E-state index contributed by atoms with van der Waals surface area (Å²) in [7, 11) is 0. The van der Waals surface area contributed by atoms with Crippen LogP contribution in [0.5, 0.6) is 0 Å². The molecule has 1 atom stereocenters. The summed E-state index contributed by atoms with van der Waals surface area (Å²) >= 11 is 2.22. The van der Waals surface area contributed by atoms with Crippen LogP contribution in [0.15, 0.2) is 76.8 Å². The van der Waals surface area contributed by atoms with Crippen molar-refractivity contribution in [1.29, 1.82) is 0 Å². The summed E-state index contributed by atoms with van der Waals surface area (Å²) in [5, 5.41) is 19.8. The van der Waals surface area contributed by atoms with E-state index in [-0.39, 0.29) is 33.5 Å². The van der Waals surface area contributed by atoms with Crippen LogP contribution in [0, 0.1) is 25.5 Å². The standard InChI is InChI=1S/C29H21F2N5O3S2/c1-15-8-7-13-35-16(2)22(32-26(15)35)24(37)21-23(18-10-4-6-12-20(18)31)36(27(39)25(21)38)28-33-34-29(41-28)40-14-17-9-3-5-11-19(17)30/h3-13,23,37H,14H2,1-2H3/b24-21+. The quantitative estimate of drug-likeness (QED) is 0.0853. The number of benzene rings is 2. The lowest BCUT2D eigenvalue weighted by Crippen LogP contribution is -2.29. The Morgan fingerprint density at radius 1 is 1.00 bits per heavy atom. The molecule has 0 saturated carbocycles. The third kappa shape index (κ3) is 4.58. The molecule has 1 saturated heterocycles. The number of aliphatic hydroxyl groups excluding tert-OH is 1. The SMILES string of the molecule is Cc1cccn2c(C)c(/C(O)=C3\C(=O)C(=O)N(c4nnc(SCc5ccccc5F)s4)C3c3ccccc3F)nc12. The summed E-state index contributed by atoms with van der Waals surface area (Å²) in [6.45, 7) is 3.59. The lowest BCUT2D eigenvalue weighted by Gasteiger charge is -2.22. The van der Waals surface area contributed by atoms with Crippen molar-refractivity contribution >= 4 is 51.3 Å². The molecule has 1 aliphatic rings. The molecule has 41 heavy (non-hydrogen) atoms. The van der Waals surface area contributed by atoms with Crippen LogP contribution in [-0.2, 0) is 15.3 Å². The van der Waals surface area contributed by atoms with Gasteiger partial charge in [-0.3, -0.25) is 14.5 Å². The van der Waals surface area contributed by atoms with Crippen molar-refractivity contribution in [2.75, 3.05) is 4.90 Å². The number of nitrogens with zero attached hydrogens (tertiary/aromatic N) is 5. The maximum absolute atomic E-state index is 15.2. The molecule has 6 rings (SSSR count). The number of hydrogen-bond donors (Lipinski definition) is 1. The maximum Gasteiger partial charge on any atom is 0.301 e. The first-order valence-corrected chi connectivity index (χ1v) is 14.3. The number of aliphatic hydroxyl groups is 1. The Labute approximate surface area is 241 Å². The minimum Gasteiger partial charge on any atom is -0.505 e. The summed E-state index contributed by atoms with van der Waals surface area (Å²) in [5.74, 6) is -3.26. The van der Waals surface area contributed by atoms with Gasteiger partial charge < -0.3 is 9.51 Å². The van der Waals surface area contributed by atoms with E-state index < -0.39 is 29.3 Å². The van der Waals surface area contributed by atoms with E-state index in [0.717, 1.165) is 21.8 Å². The fourth-order valence-corrected chi connectivity index (χ4v) is 6.66. The van der Waals surface area contributed by atoms with Gasteiger partial charge >= 0.3 is 5.91 Å². The first-order chi connectivity index (χ1) is 19.8. The molecule has 1 N–H and O–H groups in total. The second-order valence-electron chi connectivity index (χ2n) is 9.35. The van der Waals surface area contributed by atoms with Crippen molar-refractivity contribution < 1.29 is 23.5 Å². The van der Waals surface area contributed by atoms with Crippen LogP contribution in [0.2, 0.25) is 0 Å². The third-order valence-electron chi connectivity index (χ3n) is 6.86. The molecular formula is C29H21F2N5O3S2. The van der Waals surface area contributed by atoms with Gasteiger partial charge in [0.15, 0.2) is 10.1 Å². The van der Waals surface area contributed by atoms with Crippen LogP contribution in [0.1, 0.15) is 34.1 Å². The smallest absolute Gasteiger partial charge is 0.301 e. The molecule has 12 heteroatoms. The molecular weight excluding hydrogens is 568 g/mol. The monoisotopic (exact) mass is 589 g/mol. The minimum atomic E-state index is -1.32. The number of amides is 1. The number of imidazole rings is 1. The molecule has 0 spiro atoms. The number of ketones is 1. The lowest BCUT2D eigenvalue weighted by atomic mass is 9.96. The zero-order valence-corrected chi connectivity index (χ0v) is 23.3. The molecule has 2 aromatic carbocycles. The van der Waals surface area contributed by atoms with Crippen LogP contribution in [0.4, 0.5) is 13.9 Å². The number of carbonyl (C=O) groups is 2. The van der Waals surface area contributed by atoms with Gasteiger partial charge in [-0.1, -0.05) is 65.6 Å². The van der Waals surface area contributed by atoms with E-state index in [1.807, 2.05) is 19.1 Å². The van der Waals surface area contributed by atoms with Gasteiger partial charge in [0.05, 0.1) is 11.3 Å². The molecule has 0 aliphatic carbocycles. The largest absolute Gasteiger partial charge is 0.505 e. The zero-order chi connectivity index (χ0) is 28.8. The number of carbonyl (C=O) groups excluding carboxylic acids is 2. The fourth-order valence-electron chi connectivity index (χ4n) is 4.81. The summed E-state index contributed by atoms with van der Waals surface area (Å²) in [6.07, 6.45) is 1.77. The molecule has 8 nitrogen and oxygen atoms in total. The summed E-state index contributed by atoms with van der Waals surface area (Å²) in [5.41, 5.74) is 2.24. The van der Waals surface area contributed by atoms with Crippen LogP contribution >= 0.6 is 23.1 Å². The summed E-state index contributed by atoms with van der Waals surface area (Å²) in [4.78, 5) is 32.5. The number of aryl methyl sites for hydroxylation is 2. The number of anilines is 1. The first kappa shape index (κ1) is 26.8. The average molecular weight is 590 g/mol. The predicted molar refractivity (Wildman–Crippen MR) is 152 cm³/mol. The highest BCUT2D eigenvalue weighted by molar-refractivity contribution is 8.00. The molecule has 1 amide bonds. The van der Waals surface area contributed by atoms with Gasteiger partial charge in [0.1, 0.15) is 29.0 Å². The summed E-state index contributed by atoms with van der Waals surface area (Å²) < 4.78 is 31.5. The molecule has 3 aromatic heterocycles. The second-order valence-corrected chi connectivity index (χ2v) is 11.5. The van der Waals surface area contributed by atoms with Crippen LogP contribution in [0.3, 0.4) is 0 Å². The third-order valence-corrected chi connectivity index (χ3v) is 8.97. The normalized spacial score (nSPS) is 16.7. The first-order valence-electron chi connectivity index (χ1n) is 12.5. The Morgan fingerprint density at radius 2 is 1.73 bits per heavy atom. The number of hydrogen-bond acceptors (Lipinski definition) is 8. The van der Waals surface area contributed by atoms with Crippen molar-refractivity contribution in [3.8, 4) is 0 Å². The van der Waals surface area contributed by atoms with Gasteiger partial charge in [-0.2, -0.15) is 0 Å². The minimum absolute atomic E-state index is 0.00149. The highest BCUT2D eigenvalue weighted by Crippen LogP contribution is 2.45. The van der Waals surface area contributed by atoms with Crippen LogP contribution < -0.4 is 4.90 Å². The van der Waals surface area contributed by atoms with Crippen LogP contribution in [-0.4, -0.2) is 36.4 Å². The molecule has 1 unspecified atom stereocenters. The number of Topliss-reactive ketones (excluding diaryl/α,β-unsaturated/α-hetero) is 1. The molecule has 0 bridgehead atoms. The van der Waals surface area contributed by atoms with Crippen molar-refractivity contribution in [1.82, 2.24) is 19.6 Å². The Kier molecular flexibility index (Phi) is 6.88. The van der Waals surface area contributed by atoms with Gasteiger partial charge in [0.2, 0.25) is 5.13 Å². The van der Waals surface area contributed by atoms with E-state index >= 15 is 4.39 Å². The molecule has 5 aromatic rings. The number of halogens is 2.